The Labute approximate surface area is 207 Å². The number of nitrogens with zero attached hydrogens (tertiary/aromatic N) is 3. The van der Waals surface area contributed by atoms with Gasteiger partial charge in [0, 0.05) is 46.7 Å². The van der Waals surface area contributed by atoms with E-state index in [1.54, 1.807) is 23.7 Å². The van der Waals surface area contributed by atoms with Gasteiger partial charge in [0.25, 0.3) is 5.91 Å². The van der Waals surface area contributed by atoms with Gasteiger partial charge in [-0.05, 0) is 43.3 Å². The van der Waals surface area contributed by atoms with Gasteiger partial charge < -0.3 is 19.8 Å². The van der Waals surface area contributed by atoms with Crippen LogP contribution in [0.2, 0.25) is 0 Å². The Morgan fingerprint density at radius 3 is 2.63 bits per heavy atom. The molecule has 10 heteroatoms. The number of primary amides is 1. The number of benzene rings is 1. The zero-order valence-corrected chi connectivity index (χ0v) is 20.3. The molecule has 4 aromatic heterocycles. The number of rotatable bonds is 6. The summed E-state index contributed by atoms with van der Waals surface area (Å²) in [5, 5.41) is 0.734. The van der Waals surface area contributed by atoms with Gasteiger partial charge in [-0.2, -0.15) is 0 Å². The third-order valence-electron chi connectivity index (χ3n) is 5.80. The molecule has 0 atom stereocenters. The van der Waals surface area contributed by atoms with Gasteiger partial charge in [0.1, 0.15) is 17.3 Å². The van der Waals surface area contributed by atoms with Crippen molar-refractivity contribution in [3.05, 3.63) is 71.5 Å². The van der Waals surface area contributed by atoms with Crippen LogP contribution in [0.4, 0.5) is 0 Å². The summed E-state index contributed by atoms with van der Waals surface area (Å²) in [5.41, 5.74) is 5.21. The monoisotopic (exact) mass is 502 g/mol. The molecule has 1 aliphatic carbocycles. The zero-order valence-electron chi connectivity index (χ0n) is 18.6. The molecule has 0 saturated carbocycles. The summed E-state index contributed by atoms with van der Waals surface area (Å²) in [6.45, 7) is 1.84. The van der Waals surface area contributed by atoms with Crippen molar-refractivity contribution < 1.29 is 19.1 Å². The lowest BCUT2D eigenvalue weighted by Crippen LogP contribution is -2.36. The maximum absolute atomic E-state index is 12.8. The lowest BCUT2D eigenvalue weighted by Gasteiger charge is -2.13. The van der Waals surface area contributed by atoms with Crippen molar-refractivity contribution in [1.29, 1.82) is 0 Å². The summed E-state index contributed by atoms with van der Waals surface area (Å²) in [6.07, 6.45) is 8.34. The molecule has 0 aliphatic heterocycles. The predicted molar refractivity (Wildman–Crippen MR) is 135 cm³/mol. The summed E-state index contributed by atoms with van der Waals surface area (Å²) in [4.78, 5) is 35.1. The molecule has 1 aromatic carbocycles. The molecule has 0 unspecified atom stereocenters. The van der Waals surface area contributed by atoms with Crippen molar-refractivity contribution in [3.63, 3.8) is 0 Å². The first-order valence-corrected chi connectivity index (χ1v) is 12.3. The van der Waals surface area contributed by atoms with E-state index in [1.165, 1.54) is 23.5 Å². The van der Waals surface area contributed by atoms with Gasteiger partial charge in [-0.1, -0.05) is 0 Å². The quantitative estimate of drug-likeness (QED) is 0.260. The van der Waals surface area contributed by atoms with Gasteiger partial charge in [0.05, 0.1) is 20.7 Å². The Hall–Kier alpha value is -4.02. The second-order valence-corrected chi connectivity index (χ2v) is 10.5. The van der Waals surface area contributed by atoms with E-state index in [4.69, 9.17) is 15.2 Å². The Morgan fingerprint density at radius 2 is 1.91 bits per heavy atom. The number of fused-ring (bicyclic) bond motifs is 2. The van der Waals surface area contributed by atoms with E-state index >= 15 is 0 Å². The molecule has 6 rings (SSSR count). The fourth-order valence-corrected chi connectivity index (χ4v) is 6.10. The lowest BCUT2D eigenvalue weighted by atomic mass is 10.1. The Morgan fingerprint density at radius 1 is 1.09 bits per heavy atom. The highest BCUT2D eigenvalue weighted by atomic mass is 32.1. The number of hydrogen-bond acceptors (Lipinski definition) is 8. The highest BCUT2D eigenvalue weighted by Gasteiger charge is 2.45. The molecule has 4 heterocycles. The molecule has 0 saturated heterocycles. The second-order valence-electron chi connectivity index (χ2n) is 8.17. The molecular weight excluding hydrogens is 484 g/mol. The van der Waals surface area contributed by atoms with Crippen LogP contribution in [0, 0.1) is 6.92 Å². The molecular formula is C25H18N4O4S2. The molecule has 174 valence electrons. The van der Waals surface area contributed by atoms with E-state index in [-0.39, 0.29) is 0 Å². The van der Waals surface area contributed by atoms with Crippen molar-refractivity contribution in [2.45, 2.75) is 12.5 Å². The Bertz CT molecular complexity index is 1690. The fraction of sp³-hybridized carbons (Fsp3) is 0.120. The highest BCUT2D eigenvalue weighted by Crippen LogP contribution is 2.41. The molecule has 1 amide bonds. The molecule has 0 fully saturated rings. The van der Waals surface area contributed by atoms with Crippen molar-refractivity contribution in [2.24, 2.45) is 12.8 Å². The number of ether oxygens (including phenoxy) is 2. The molecule has 0 radical (unpaired) electrons. The van der Waals surface area contributed by atoms with Crippen LogP contribution < -0.4 is 10.5 Å². The third kappa shape index (κ3) is 3.58. The van der Waals surface area contributed by atoms with Crippen molar-refractivity contribution >= 4 is 54.9 Å². The van der Waals surface area contributed by atoms with Crippen LogP contribution in [-0.4, -0.2) is 32.0 Å². The number of aryl methyl sites for hydroxylation is 2. The van der Waals surface area contributed by atoms with Gasteiger partial charge in [-0.25, -0.2) is 9.78 Å². The average molecular weight is 503 g/mol. The number of esters is 1. The molecule has 35 heavy (non-hydrogen) atoms. The SMILES string of the molecule is Cc1sc2cc(Oc3ccnc4cc(-c5nccn5C)sc34)ccc2c1C(=O)OC1(C(N)=O)C=C1. The van der Waals surface area contributed by atoms with Crippen LogP contribution in [-0.2, 0) is 16.6 Å². The molecule has 0 spiro atoms. The van der Waals surface area contributed by atoms with Gasteiger partial charge in [-0.3, -0.25) is 9.78 Å². The first-order chi connectivity index (χ1) is 16.8. The van der Waals surface area contributed by atoms with Gasteiger partial charge >= 0.3 is 5.97 Å². The molecule has 0 bridgehead atoms. The van der Waals surface area contributed by atoms with Crippen LogP contribution in [0.15, 0.2) is 61.1 Å². The summed E-state index contributed by atoms with van der Waals surface area (Å²) >= 11 is 3.03. The minimum atomic E-state index is -1.40. The summed E-state index contributed by atoms with van der Waals surface area (Å²) in [5.74, 6) is 0.907. The number of imidazole rings is 1. The Kier molecular flexibility index (Phi) is 4.77. The molecule has 2 N–H and O–H groups in total. The van der Waals surface area contributed by atoms with Crippen molar-refractivity contribution in [1.82, 2.24) is 14.5 Å². The molecule has 8 nitrogen and oxygen atoms in total. The Balaban J connectivity index is 1.32. The number of aromatic nitrogens is 3. The number of nitrogens with two attached hydrogens (primary N) is 1. The lowest BCUT2D eigenvalue weighted by molar-refractivity contribution is -0.127. The van der Waals surface area contributed by atoms with Gasteiger partial charge in [0.15, 0.2) is 0 Å². The van der Waals surface area contributed by atoms with E-state index < -0.39 is 17.5 Å². The first kappa shape index (κ1) is 21.5. The predicted octanol–water partition coefficient (Wildman–Crippen LogP) is 4.96. The number of pyridine rings is 1. The number of thiophene rings is 2. The number of carbonyl (C=O) groups is 2. The number of amides is 1. The van der Waals surface area contributed by atoms with Gasteiger partial charge in [0.2, 0.25) is 5.60 Å². The van der Waals surface area contributed by atoms with E-state index in [2.05, 4.69) is 9.97 Å². The fourth-order valence-electron chi connectivity index (χ4n) is 3.91. The van der Waals surface area contributed by atoms with E-state index in [0.29, 0.717) is 17.1 Å². The van der Waals surface area contributed by atoms with Crippen LogP contribution in [0.5, 0.6) is 11.5 Å². The average Bonchev–Trinajstić information content (AvgIpc) is 3.14. The summed E-state index contributed by atoms with van der Waals surface area (Å²) in [6, 6.07) is 9.37. The van der Waals surface area contributed by atoms with Crippen LogP contribution in [0.3, 0.4) is 0 Å². The largest absolute Gasteiger partial charge is 0.456 e. The minimum absolute atomic E-state index is 0.426. The third-order valence-corrected chi connectivity index (χ3v) is 8.01. The van der Waals surface area contributed by atoms with Gasteiger partial charge in [-0.15, -0.1) is 22.7 Å². The molecule has 1 aliphatic rings. The maximum atomic E-state index is 12.8. The highest BCUT2D eigenvalue weighted by molar-refractivity contribution is 7.22. The molecule has 5 aromatic rings. The van der Waals surface area contributed by atoms with Crippen molar-refractivity contribution in [3.8, 4) is 22.2 Å². The van der Waals surface area contributed by atoms with E-state index in [0.717, 1.165) is 35.9 Å². The normalized spacial score (nSPS) is 13.9. The smallest absolute Gasteiger partial charge is 0.341 e. The number of hydrogen-bond donors (Lipinski definition) is 1. The minimum Gasteiger partial charge on any atom is -0.456 e. The first-order valence-electron chi connectivity index (χ1n) is 10.7. The van der Waals surface area contributed by atoms with Crippen LogP contribution in [0.1, 0.15) is 15.2 Å². The standard InChI is InChI=1S/C25H18N4O4S2/c1-13-20(23(30)33-25(6-7-25)24(26)31)15-4-3-14(11-18(15)34-13)32-17-5-8-27-16-12-19(35-21(16)17)22-28-9-10-29(22)2/h3-12H,1-2H3,(H2,26,31). The van der Waals surface area contributed by atoms with E-state index in [9.17, 15) is 9.59 Å². The topological polar surface area (TPSA) is 109 Å². The second kappa shape index (κ2) is 7.76. The zero-order chi connectivity index (χ0) is 24.3. The van der Waals surface area contributed by atoms with E-state index in [1.807, 2.05) is 55.1 Å². The summed E-state index contributed by atoms with van der Waals surface area (Å²) in [7, 11) is 1.95. The maximum Gasteiger partial charge on any atom is 0.341 e. The van der Waals surface area contributed by atoms with Crippen molar-refractivity contribution in [2.75, 3.05) is 0 Å². The summed E-state index contributed by atoms with van der Waals surface area (Å²) < 4.78 is 15.4. The number of carbonyl (C=O) groups excluding carboxylic acids is 2. The van der Waals surface area contributed by atoms with Crippen LogP contribution >= 0.6 is 22.7 Å². The van der Waals surface area contributed by atoms with Crippen LogP contribution in [0.25, 0.3) is 31.0 Å².